The van der Waals surface area contributed by atoms with Crippen LogP contribution in [0, 0.1) is 6.92 Å². The molecule has 4 rings (SSSR count). The summed E-state index contributed by atoms with van der Waals surface area (Å²) in [5, 5.41) is 1.20. The number of para-hydroxylation sites is 3. The normalized spacial score (nSPS) is 14.8. The number of carbonyl (C=O) groups excluding carboxylic acids is 2. The van der Waals surface area contributed by atoms with E-state index in [-0.39, 0.29) is 24.4 Å². The Morgan fingerprint density at radius 2 is 1.76 bits per heavy atom. The van der Waals surface area contributed by atoms with Crippen molar-refractivity contribution in [3.05, 3.63) is 83.9 Å². The number of fused-ring (bicyclic) bond motifs is 1. The fraction of sp³-hybridized carbons (Fsp3) is 0.231. The van der Waals surface area contributed by atoms with Crippen molar-refractivity contribution in [3.8, 4) is 11.5 Å². The molecule has 0 aliphatic carbocycles. The highest BCUT2D eigenvalue weighted by molar-refractivity contribution is 6.06. The molecule has 0 fully saturated rings. The van der Waals surface area contributed by atoms with Gasteiger partial charge in [-0.3, -0.25) is 14.4 Å². The van der Waals surface area contributed by atoms with Crippen molar-refractivity contribution in [1.29, 1.82) is 0 Å². The van der Waals surface area contributed by atoms with Crippen molar-refractivity contribution >= 4 is 23.3 Å². The van der Waals surface area contributed by atoms with Crippen molar-refractivity contribution in [3.63, 3.8) is 0 Å². The number of rotatable bonds is 6. The molecule has 0 saturated carbocycles. The van der Waals surface area contributed by atoms with Crippen molar-refractivity contribution < 1.29 is 23.9 Å². The second kappa shape index (κ2) is 9.75. The summed E-state index contributed by atoms with van der Waals surface area (Å²) in [4.78, 5) is 33.4. The molecule has 1 atom stereocenters. The first-order valence-corrected chi connectivity index (χ1v) is 10.7. The Bertz CT molecular complexity index is 1150. The summed E-state index contributed by atoms with van der Waals surface area (Å²) in [5.41, 5.74) is 2.56. The van der Waals surface area contributed by atoms with Crippen LogP contribution in [0.1, 0.15) is 22.8 Å². The van der Waals surface area contributed by atoms with Crippen LogP contribution in [0.2, 0.25) is 0 Å². The van der Waals surface area contributed by atoms with Crippen LogP contribution in [-0.4, -0.2) is 38.2 Å². The van der Waals surface area contributed by atoms with Gasteiger partial charge >= 0.3 is 5.97 Å². The van der Waals surface area contributed by atoms with Crippen LogP contribution in [0.4, 0.5) is 11.4 Å². The highest BCUT2D eigenvalue weighted by atomic mass is 16.7. The van der Waals surface area contributed by atoms with Gasteiger partial charge in [0.25, 0.3) is 5.91 Å². The van der Waals surface area contributed by atoms with Crippen molar-refractivity contribution in [2.45, 2.75) is 20.0 Å². The summed E-state index contributed by atoms with van der Waals surface area (Å²) in [6.07, 6.45) is -0.308. The molecule has 0 aromatic heterocycles. The van der Waals surface area contributed by atoms with Gasteiger partial charge in [-0.15, -0.1) is 0 Å². The average Bonchev–Trinajstić information content (AvgIpc) is 2.80. The molecule has 3 aromatic rings. The molecule has 1 amide bonds. The summed E-state index contributed by atoms with van der Waals surface area (Å²) in [6.45, 7) is 3.86. The second-order valence-electron chi connectivity index (χ2n) is 7.86. The molecule has 1 heterocycles. The van der Waals surface area contributed by atoms with Gasteiger partial charge in [-0.25, -0.2) is 0 Å². The maximum atomic E-state index is 13.5. The molecule has 0 spiro atoms. The number of hydrogen-bond donors (Lipinski definition) is 0. The monoisotopic (exact) mass is 446 g/mol. The minimum absolute atomic E-state index is 0.116. The number of esters is 1. The number of hydrogen-bond acceptors (Lipinski definition) is 6. The van der Waals surface area contributed by atoms with E-state index in [4.69, 9.17) is 14.3 Å². The number of nitrogens with zero attached hydrogens (tertiary/aromatic N) is 2. The standard InChI is InChI=1S/C26H26N2O5/c1-18-10-9-15-24(32-19(2)29)25(18)28(26(30)20-11-5-4-6-12-20)31-17-21-16-27(3)22-13-7-8-14-23(22)33-21/h4-15,21H,16-17H2,1-3H3/t21-/m0/s1. The number of amides is 1. The lowest BCUT2D eigenvalue weighted by molar-refractivity contribution is -0.131. The summed E-state index contributed by atoms with van der Waals surface area (Å²) in [6, 6.07) is 21.8. The fourth-order valence-electron chi connectivity index (χ4n) is 3.79. The molecule has 3 aromatic carbocycles. The Labute approximate surface area is 193 Å². The largest absolute Gasteiger partial charge is 0.484 e. The van der Waals surface area contributed by atoms with Gasteiger partial charge in [0, 0.05) is 19.5 Å². The molecular weight excluding hydrogens is 420 g/mol. The molecule has 0 saturated heterocycles. The third-order valence-corrected chi connectivity index (χ3v) is 5.30. The smallest absolute Gasteiger partial charge is 0.308 e. The van der Waals surface area contributed by atoms with E-state index in [1.807, 2.05) is 50.4 Å². The van der Waals surface area contributed by atoms with E-state index < -0.39 is 5.97 Å². The number of anilines is 2. The zero-order chi connectivity index (χ0) is 23.4. The predicted molar refractivity (Wildman–Crippen MR) is 126 cm³/mol. The van der Waals surface area contributed by atoms with Gasteiger partial charge in [0.2, 0.25) is 0 Å². The predicted octanol–water partition coefficient (Wildman–Crippen LogP) is 4.40. The van der Waals surface area contributed by atoms with Crippen molar-refractivity contribution in [1.82, 2.24) is 0 Å². The Balaban J connectivity index is 1.64. The fourth-order valence-corrected chi connectivity index (χ4v) is 3.79. The number of benzene rings is 3. The Hall–Kier alpha value is -3.84. The van der Waals surface area contributed by atoms with Gasteiger partial charge in [-0.1, -0.05) is 42.5 Å². The van der Waals surface area contributed by atoms with E-state index >= 15 is 0 Å². The number of carbonyl (C=O) groups is 2. The number of hydroxylamine groups is 1. The number of aryl methyl sites for hydroxylation is 1. The van der Waals surface area contributed by atoms with E-state index in [0.29, 0.717) is 17.8 Å². The number of ether oxygens (including phenoxy) is 2. The van der Waals surface area contributed by atoms with Crippen LogP contribution in [0.5, 0.6) is 11.5 Å². The van der Waals surface area contributed by atoms with Crippen LogP contribution in [0.25, 0.3) is 0 Å². The molecule has 1 aliphatic rings. The zero-order valence-electron chi connectivity index (χ0n) is 18.9. The van der Waals surface area contributed by atoms with Gasteiger partial charge in [0.05, 0.1) is 12.2 Å². The summed E-state index contributed by atoms with van der Waals surface area (Å²) < 4.78 is 11.5. The summed E-state index contributed by atoms with van der Waals surface area (Å²) in [5.74, 6) is 0.154. The quantitative estimate of drug-likeness (QED) is 0.318. The molecule has 7 nitrogen and oxygen atoms in total. The number of likely N-dealkylation sites (N-methyl/N-ethyl adjacent to an activating group) is 1. The molecule has 33 heavy (non-hydrogen) atoms. The molecule has 7 heteroatoms. The van der Waals surface area contributed by atoms with Crippen LogP contribution < -0.4 is 19.4 Å². The first kappa shape index (κ1) is 22.4. The first-order valence-electron chi connectivity index (χ1n) is 10.7. The zero-order valence-corrected chi connectivity index (χ0v) is 18.9. The van der Waals surface area contributed by atoms with Crippen LogP contribution >= 0.6 is 0 Å². The first-order chi connectivity index (χ1) is 15.9. The van der Waals surface area contributed by atoms with Gasteiger partial charge in [0.1, 0.15) is 24.1 Å². The van der Waals surface area contributed by atoms with Gasteiger partial charge < -0.3 is 14.4 Å². The van der Waals surface area contributed by atoms with Gasteiger partial charge in [-0.2, -0.15) is 5.06 Å². The molecule has 0 bridgehead atoms. The van der Waals surface area contributed by atoms with E-state index in [2.05, 4.69) is 4.90 Å². The molecule has 0 radical (unpaired) electrons. The van der Waals surface area contributed by atoms with E-state index in [9.17, 15) is 9.59 Å². The molecule has 0 unspecified atom stereocenters. The molecule has 1 aliphatic heterocycles. The minimum Gasteiger partial charge on any atom is -0.484 e. The van der Waals surface area contributed by atoms with Crippen molar-refractivity contribution in [2.24, 2.45) is 0 Å². The van der Waals surface area contributed by atoms with Crippen LogP contribution in [-0.2, 0) is 9.63 Å². The summed E-state index contributed by atoms with van der Waals surface area (Å²) in [7, 11) is 1.99. The SMILES string of the molecule is CC(=O)Oc1cccc(C)c1N(OC[C@@H]1CN(C)c2ccccc2O1)C(=O)c1ccccc1. The van der Waals surface area contributed by atoms with Crippen molar-refractivity contribution in [2.75, 3.05) is 30.2 Å². The average molecular weight is 447 g/mol. The molecule has 170 valence electrons. The minimum atomic E-state index is -0.484. The van der Waals surface area contributed by atoms with E-state index in [1.54, 1.807) is 36.4 Å². The van der Waals surface area contributed by atoms with Crippen LogP contribution in [0.3, 0.4) is 0 Å². The third kappa shape index (κ3) is 4.99. The maximum absolute atomic E-state index is 13.5. The maximum Gasteiger partial charge on any atom is 0.308 e. The van der Waals surface area contributed by atoms with E-state index in [1.165, 1.54) is 12.0 Å². The lowest BCUT2D eigenvalue weighted by atomic mass is 10.1. The Morgan fingerprint density at radius 3 is 2.52 bits per heavy atom. The lowest BCUT2D eigenvalue weighted by Gasteiger charge is -2.34. The Morgan fingerprint density at radius 1 is 1.03 bits per heavy atom. The molecule has 0 N–H and O–H groups in total. The third-order valence-electron chi connectivity index (χ3n) is 5.30. The van der Waals surface area contributed by atoms with Gasteiger partial charge in [0.15, 0.2) is 5.75 Å². The highest BCUT2D eigenvalue weighted by Crippen LogP contribution is 2.35. The lowest BCUT2D eigenvalue weighted by Crippen LogP contribution is -2.43. The topological polar surface area (TPSA) is 68.3 Å². The summed E-state index contributed by atoms with van der Waals surface area (Å²) >= 11 is 0. The van der Waals surface area contributed by atoms with Gasteiger partial charge in [-0.05, 0) is 42.8 Å². The molecular formula is C26H26N2O5. The second-order valence-corrected chi connectivity index (χ2v) is 7.86. The van der Waals surface area contributed by atoms with Crippen LogP contribution in [0.15, 0.2) is 72.8 Å². The Kier molecular flexibility index (Phi) is 6.60. The van der Waals surface area contributed by atoms with E-state index in [0.717, 1.165) is 17.0 Å². The highest BCUT2D eigenvalue weighted by Gasteiger charge is 2.29.